The fourth-order valence-corrected chi connectivity index (χ4v) is 4.57. The summed E-state index contributed by atoms with van der Waals surface area (Å²) in [6.07, 6.45) is 0.113. The number of allylic oxidation sites excluding steroid dienone is 1. The van der Waals surface area contributed by atoms with Crippen molar-refractivity contribution in [2.75, 3.05) is 62.1 Å². The van der Waals surface area contributed by atoms with Crippen molar-refractivity contribution in [2.45, 2.75) is 12.8 Å². The molecule has 34 heavy (non-hydrogen) atoms. The molecule has 176 valence electrons. The van der Waals surface area contributed by atoms with Crippen LogP contribution in [0.2, 0.25) is 0 Å². The van der Waals surface area contributed by atoms with E-state index in [-0.39, 0.29) is 30.1 Å². The van der Waals surface area contributed by atoms with Crippen molar-refractivity contribution in [1.82, 2.24) is 4.90 Å². The van der Waals surface area contributed by atoms with E-state index in [1.807, 2.05) is 72.4 Å². The fourth-order valence-electron chi connectivity index (χ4n) is 4.57. The molecule has 2 aromatic rings. The summed E-state index contributed by atoms with van der Waals surface area (Å²) < 4.78 is 5.21. The van der Waals surface area contributed by atoms with Crippen LogP contribution in [0.1, 0.15) is 12.8 Å². The number of fused-ring (bicyclic) bond motifs is 1. The highest BCUT2D eigenvalue weighted by molar-refractivity contribution is 6.03. The Morgan fingerprint density at radius 1 is 0.912 bits per heavy atom. The predicted octanol–water partition coefficient (Wildman–Crippen LogP) is 3.01. The van der Waals surface area contributed by atoms with Gasteiger partial charge in [-0.2, -0.15) is 5.26 Å². The van der Waals surface area contributed by atoms with Crippen LogP contribution in [0.15, 0.2) is 59.9 Å². The zero-order valence-electron chi connectivity index (χ0n) is 19.8. The highest BCUT2D eigenvalue weighted by Gasteiger charge is 2.31. The first kappa shape index (κ1) is 23.2. The largest absolute Gasteiger partial charge is 0.497 e. The van der Waals surface area contributed by atoms with Gasteiger partial charge in [0.15, 0.2) is 5.78 Å². The lowest BCUT2D eigenvalue weighted by Crippen LogP contribution is -2.48. The molecular weight excluding hydrogens is 430 g/mol. The molecule has 1 saturated heterocycles. The van der Waals surface area contributed by atoms with Gasteiger partial charge in [0.25, 0.3) is 0 Å². The molecule has 0 unspecified atom stereocenters. The van der Waals surface area contributed by atoms with Gasteiger partial charge in [-0.05, 0) is 36.4 Å². The topological polar surface area (TPSA) is 80.1 Å². The summed E-state index contributed by atoms with van der Waals surface area (Å²) in [4.78, 5) is 33.5. The Labute approximate surface area is 200 Å². The number of benzene rings is 2. The molecule has 0 saturated carbocycles. The zero-order chi connectivity index (χ0) is 24.2. The molecule has 2 aromatic carbocycles. The van der Waals surface area contributed by atoms with Crippen molar-refractivity contribution >= 4 is 28.8 Å². The molecule has 0 spiro atoms. The highest BCUT2D eigenvalue weighted by Crippen LogP contribution is 2.40. The van der Waals surface area contributed by atoms with Gasteiger partial charge in [0.1, 0.15) is 23.2 Å². The lowest BCUT2D eigenvalue weighted by molar-refractivity contribution is -0.133. The number of para-hydroxylation sites is 2. The lowest BCUT2D eigenvalue weighted by atomic mass is 10.1. The van der Waals surface area contributed by atoms with Gasteiger partial charge in [0.2, 0.25) is 5.91 Å². The van der Waals surface area contributed by atoms with Gasteiger partial charge in [-0.3, -0.25) is 9.59 Å². The lowest BCUT2D eigenvalue weighted by Gasteiger charge is -2.36. The molecule has 8 heteroatoms. The summed E-state index contributed by atoms with van der Waals surface area (Å²) >= 11 is 0. The quantitative estimate of drug-likeness (QED) is 0.485. The van der Waals surface area contributed by atoms with E-state index in [9.17, 15) is 14.9 Å². The second-order valence-corrected chi connectivity index (χ2v) is 8.41. The molecule has 4 rings (SSSR count). The van der Waals surface area contributed by atoms with Crippen molar-refractivity contribution in [1.29, 1.82) is 5.26 Å². The maximum absolute atomic E-state index is 13.0. The van der Waals surface area contributed by atoms with Crippen LogP contribution in [0.3, 0.4) is 0 Å². The predicted molar refractivity (Wildman–Crippen MR) is 132 cm³/mol. The number of piperazine rings is 1. The summed E-state index contributed by atoms with van der Waals surface area (Å²) in [6.45, 7) is 2.67. The molecule has 2 heterocycles. The number of anilines is 3. The van der Waals surface area contributed by atoms with E-state index in [4.69, 9.17) is 4.74 Å². The van der Waals surface area contributed by atoms with Crippen LogP contribution in [-0.4, -0.2) is 64.0 Å². The van der Waals surface area contributed by atoms with Crippen LogP contribution in [0.25, 0.3) is 0 Å². The normalized spacial score (nSPS) is 15.2. The Balaban J connectivity index is 1.34. The maximum atomic E-state index is 13.0. The second kappa shape index (κ2) is 9.87. The summed E-state index contributed by atoms with van der Waals surface area (Å²) in [7, 11) is 5.33. The van der Waals surface area contributed by atoms with Crippen LogP contribution in [-0.2, 0) is 9.59 Å². The van der Waals surface area contributed by atoms with Crippen LogP contribution < -0.4 is 19.4 Å². The van der Waals surface area contributed by atoms with Gasteiger partial charge in [-0.1, -0.05) is 12.1 Å². The molecule has 0 bridgehead atoms. The summed E-state index contributed by atoms with van der Waals surface area (Å²) in [5.74, 6) is 0.998. The number of nitrogens with zero attached hydrogens (tertiary/aromatic N) is 5. The average molecular weight is 460 g/mol. The number of amides is 1. The molecule has 0 aromatic heterocycles. The number of ketones is 1. The number of carbonyl (C=O) groups excluding carboxylic acids is 2. The Hall–Kier alpha value is -3.99. The third-order valence-corrected chi connectivity index (χ3v) is 6.49. The van der Waals surface area contributed by atoms with Crippen LogP contribution in [0, 0.1) is 11.3 Å². The van der Waals surface area contributed by atoms with Gasteiger partial charge in [0.05, 0.1) is 18.5 Å². The molecule has 0 aliphatic carbocycles. The molecule has 1 fully saturated rings. The number of nitriles is 1. The Morgan fingerprint density at radius 2 is 1.50 bits per heavy atom. The van der Waals surface area contributed by atoms with Crippen LogP contribution in [0.4, 0.5) is 17.1 Å². The number of hydrogen-bond acceptors (Lipinski definition) is 7. The van der Waals surface area contributed by atoms with Gasteiger partial charge in [-0.15, -0.1) is 0 Å². The molecule has 2 aliphatic heterocycles. The first-order valence-electron chi connectivity index (χ1n) is 11.4. The van der Waals surface area contributed by atoms with E-state index in [2.05, 4.69) is 11.0 Å². The average Bonchev–Trinajstić information content (AvgIpc) is 3.13. The standard InChI is InChI=1S/C26H29N5O3/c1-28-22-6-4-5-7-23(22)29(2)26(28)21(18-27)24(32)12-13-25(33)31-16-14-30(15-17-31)19-8-10-20(34-3)11-9-19/h4-11H,12-17H2,1-3H3. The van der Waals surface area contributed by atoms with E-state index in [1.165, 1.54) is 0 Å². The third kappa shape index (κ3) is 4.42. The molecule has 8 nitrogen and oxygen atoms in total. The minimum atomic E-state index is -0.311. The number of ether oxygens (including phenoxy) is 1. The molecule has 0 N–H and O–H groups in total. The molecule has 2 aliphatic rings. The third-order valence-electron chi connectivity index (χ3n) is 6.49. The molecule has 1 amide bonds. The monoisotopic (exact) mass is 459 g/mol. The maximum Gasteiger partial charge on any atom is 0.223 e. The smallest absolute Gasteiger partial charge is 0.223 e. The fraction of sp³-hybridized carbons (Fsp3) is 0.346. The van der Waals surface area contributed by atoms with Crippen molar-refractivity contribution in [3.05, 3.63) is 59.9 Å². The number of hydrogen-bond donors (Lipinski definition) is 0. The SMILES string of the molecule is COc1ccc(N2CCN(C(=O)CCC(=O)C(C#N)=C3N(C)c4ccccc4N3C)CC2)cc1. The number of methoxy groups -OCH3 is 1. The van der Waals surface area contributed by atoms with Gasteiger partial charge < -0.3 is 24.3 Å². The van der Waals surface area contributed by atoms with Gasteiger partial charge in [0, 0.05) is 58.8 Å². The van der Waals surface area contributed by atoms with Gasteiger partial charge >= 0.3 is 0 Å². The molecular formula is C26H29N5O3. The van der Waals surface area contributed by atoms with Crippen molar-refractivity contribution in [2.24, 2.45) is 0 Å². The van der Waals surface area contributed by atoms with E-state index < -0.39 is 0 Å². The Morgan fingerprint density at radius 3 is 2.03 bits per heavy atom. The molecule has 0 radical (unpaired) electrons. The minimum Gasteiger partial charge on any atom is -0.497 e. The van der Waals surface area contributed by atoms with Crippen molar-refractivity contribution in [3.63, 3.8) is 0 Å². The summed E-state index contributed by atoms with van der Waals surface area (Å²) in [6, 6.07) is 17.7. The van der Waals surface area contributed by atoms with Gasteiger partial charge in [-0.25, -0.2) is 0 Å². The highest BCUT2D eigenvalue weighted by atomic mass is 16.5. The van der Waals surface area contributed by atoms with E-state index in [1.54, 1.807) is 12.0 Å². The number of Topliss-reactive ketones (excluding diaryl/α,β-unsaturated/α-hetero) is 1. The summed E-state index contributed by atoms with van der Waals surface area (Å²) in [5, 5.41) is 9.76. The first-order chi connectivity index (χ1) is 16.4. The number of carbonyl (C=O) groups is 2. The zero-order valence-corrected chi connectivity index (χ0v) is 19.8. The Bertz CT molecular complexity index is 1110. The van der Waals surface area contributed by atoms with E-state index in [0.717, 1.165) is 35.9 Å². The van der Waals surface area contributed by atoms with Crippen molar-refractivity contribution in [3.8, 4) is 11.8 Å². The summed E-state index contributed by atoms with van der Waals surface area (Å²) in [5.41, 5.74) is 3.05. The van der Waals surface area contributed by atoms with Crippen LogP contribution in [0.5, 0.6) is 5.75 Å². The van der Waals surface area contributed by atoms with Crippen molar-refractivity contribution < 1.29 is 14.3 Å². The minimum absolute atomic E-state index is 0.0158. The molecule has 0 atom stereocenters. The van der Waals surface area contributed by atoms with E-state index in [0.29, 0.717) is 18.9 Å². The number of rotatable bonds is 6. The Kier molecular flexibility index (Phi) is 6.73. The van der Waals surface area contributed by atoms with Crippen LogP contribution >= 0.6 is 0 Å². The van der Waals surface area contributed by atoms with E-state index >= 15 is 0 Å². The first-order valence-corrected chi connectivity index (χ1v) is 11.4. The second-order valence-electron chi connectivity index (χ2n) is 8.41.